The number of aromatic nitrogens is 4. The molecule has 2 fully saturated rings. The molecule has 0 radical (unpaired) electrons. The number of carbonyl (C=O) groups is 4. The van der Waals surface area contributed by atoms with Gasteiger partial charge < -0.3 is 30.1 Å². The number of carbonyl (C=O) groups excluding carboxylic acids is 3. The zero-order valence-electron chi connectivity index (χ0n) is 27.1. The molecule has 1 aromatic carbocycles. The van der Waals surface area contributed by atoms with Crippen LogP contribution in [0.2, 0.25) is 5.02 Å². The first kappa shape index (κ1) is 34.1. The molecule has 3 aliphatic rings. The Morgan fingerprint density at radius 3 is 2.70 bits per heavy atom. The Bertz CT molecular complexity index is 1540. The van der Waals surface area contributed by atoms with Gasteiger partial charge in [0.2, 0.25) is 17.6 Å². The number of fused-ring (bicyclic) bond motifs is 2. The van der Waals surface area contributed by atoms with Gasteiger partial charge in [0.1, 0.15) is 29.0 Å². The Kier molecular flexibility index (Phi) is 10.1. The average Bonchev–Trinajstić information content (AvgIpc) is 3.32. The number of benzene rings is 1. The smallest absolute Gasteiger partial charge is 0.408 e. The summed E-state index contributed by atoms with van der Waals surface area (Å²) in [5, 5.41) is 28.9. The number of nitrogens with zero attached hydrogens (tertiary/aromatic N) is 5. The third-order valence-electron chi connectivity index (χ3n) is 8.57. The molecule has 3 heterocycles. The van der Waals surface area contributed by atoms with E-state index in [0.29, 0.717) is 35.8 Å². The van der Waals surface area contributed by atoms with Crippen molar-refractivity contribution < 1.29 is 33.8 Å². The van der Waals surface area contributed by atoms with Crippen molar-refractivity contribution in [3.8, 4) is 17.1 Å². The predicted octanol–water partition coefficient (Wildman–Crippen LogP) is 3.91. The number of allylic oxidation sites excluding steroid dienone is 1. The van der Waals surface area contributed by atoms with Crippen LogP contribution in [0.25, 0.3) is 11.4 Å². The molecule has 3 amide bonds. The molecule has 0 bridgehead atoms. The number of halogens is 1. The average molecular weight is 672 g/mol. The maximum absolute atomic E-state index is 14.2. The molecule has 1 aliphatic carbocycles. The van der Waals surface area contributed by atoms with E-state index >= 15 is 0 Å². The standard InChI is InChI=1S/C32H42ClN7O7/c1-5-46-25-14-13-19(15-22(25)33)26-36-38-40(37-26)21-16-24-27(41)35-32(29(43)44)17-20(32)11-9-7-6-8-10-12-23(28(42)39(24)18-21)34-30(45)47-31(2,3)4/h9,11,13-15,20-21,23-24H,5-8,10,12,16-18H2,1-4H3,(H,34,45)(H,35,41)(H,43,44)/b11-9-/t20-,21+,23-,24-,32+/m0/s1. The van der Waals surface area contributed by atoms with Crippen molar-refractivity contribution in [2.24, 2.45) is 5.92 Å². The summed E-state index contributed by atoms with van der Waals surface area (Å²) in [6.45, 7) is 7.54. The molecule has 1 saturated carbocycles. The topological polar surface area (TPSA) is 178 Å². The number of hydrogen-bond donors (Lipinski definition) is 3. The van der Waals surface area contributed by atoms with Crippen LogP contribution in [0.1, 0.15) is 78.7 Å². The Morgan fingerprint density at radius 1 is 1.21 bits per heavy atom. The Morgan fingerprint density at radius 2 is 2.00 bits per heavy atom. The Labute approximate surface area is 278 Å². The van der Waals surface area contributed by atoms with E-state index in [9.17, 15) is 24.3 Å². The van der Waals surface area contributed by atoms with Gasteiger partial charge in [-0.1, -0.05) is 36.6 Å². The molecule has 0 unspecified atom stereocenters. The lowest BCUT2D eigenvalue weighted by atomic mass is 10.0. The van der Waals surface area contributed by atoms with Crippen LogP contribution in [0, 0.1) is 5.92 Å². The van der Waals surface area contributed by atoms with Crippen molar-refractivity contribution in [3.05, 3.63) is 35.4 Å². The van der Waals surface area contributed by atoms with Crippen molar-refractivity contribution in [2.45, 2.75) is 102 Å². The fourth-order valence-electron chi connectivity index (χ4n) is 6.10. The van der Waals surface area contributed by atoms with Crippen molar-refractivity contribution in [1.82, 2.24) is 35.7 Å². The summed E-state index contributed by atoms with van der Waals surface area (Å²) >= 11 is 6.37. The number of hydrogen-bond acceptors (Lipinski definition) is 9. The molecule has 2 aromatic rings. The van der Waals surface area contributed by atoms with E-state index in [4.69, 9.17) is 21.1 Å². The van der Waals surface area contributed by atoms with Crippen molar-refractivity contribution in [3.63, 3.8) is 0 Å². The normalized spacial score (nSPS) is 27.4. The third-order valence-corrected chi connectivity index (χ3v) is 8.87. The van der Waals surface area contributed by atoms with Crippen LogP contribution in [0.4, 0.5) is 4.79 Å². The first-order chi connectivity index (χ1) is 22.3. The fraction of sp³-hybridized carbons (Fsp3) is 0.594. The minimum absolute atomic E-state index is 0.0344. The third kappa shape index (κ3) is 7.86. The molecule has 5 atom stereocenters. The van der Waals surface area contributed by atoms with Crippen LogP contribution in [-0.2, 0) is 19.1 Å². The number of aliphatic carboxylic acids is 1. The first-order valence-electron chi connectivity index (χ1n) is 16.1. The second-order valence-electron chi connectivity index (χ2n) is 13.2. The fourth-order valence-corrected chi connectivity index (χ4v) is 6.34. The quantitative estimate of drug-likeness (QED) is 0.382. The molecule has 1 aromatic heterocycles. The zero-order valence-corrected chi connectivity index (χ0v) is 27.8. The highest BCUT2D eigenvalue weighted by Crippen LogP contribution is 2.45. The molecule has 1 saturated heterocycles. The Balaban J connectivity index is 1.44. The van der Waals surface area contributed by atoms with Crippen LogP contribution in [-0.4, -0.2) is 90.5 Å². The van der Waals surface area contributed by atoms with Gasteiger partial charge in [0, 0.05) is 24.4 Å². The second-order valence-corrected chi connectivity index (χ2v) is 13.7. The highest BCUT2D eigenvalue weighted by Gasteiger charge is 2.61. The van der Waals surface area contributed by atoms with Gasteiger partial charge in [0.05, 0.1) is 17.7 Å². The van der Waals surface area contributed by atoms with Crippen molar-refractivity contribution in [1.29, 1.82) is 0 Å². The molecule has 2 aliphatic heterocycles. The van der Waals surface area contributed by atoms with Gasteiger partial charge in [-0.2, -0.15) is 4.80 Å². The van der Waals surface area contributed by atoms with Gasteiger partial charge in [-0.3, -0.25) is 9.59 Å². The van der Waals surface area contributed by atoms with Gasteiger partial charge in [0.25, 0.3) is 0 Å². The van der Waals surface area contributed by atoms with Crippen molar-refractivity contribution in [2.75, 3.05) is 13.2 Å². The molecule has 3 N–H and O–H groups in total. The van der Waals surface area contributed by atoms with E-state index in [1.165, 1.54) is 9.70 Å². The number of rotatable bonds is 6. The summed E-state index contributed by atoms with van der Waals surface area (Å²) in [6.07, 6.45) is 6.78. The van der Waals surface area contributed by atoms with Crippen molar-refractivity contribution >= 4 is 35.5 Å². The summed E-state index contributed by atoms with van der Waals surface area (Å²) in [7, 11) is 0. The summed E-state index contributed by atoms with van der Waals surface area (Å²) in [4.78, 5) is 56.0. The highest BCUT2D eigenvalue weighted by atomic mass is 35.5. The molecule has 47 heavy (non-hydrogen) atoms. The number of amides is 3. The van der Waals surface area contributed by atoms with E-state index in [2.05, 4.69) is 26.0 Å². The number of carboxylic acids is 1. The van der Waals surface area contributed by atoms with E-state index in [1.807, 2.05) is 19.1 Å². The number of tetrazole rings is 1. The van der Waals surface area contributed by atoms with E-state index in [-0.39, 0.29) is 31.1 Å². The minimum Gasteiger partial charge on any atom is -0.492 e. The monoisotopic (exact) mass is 671 g/mol. The number of nitrogens with one attached hydrogen (secondary N) is 2. The lowest BCUT2D eigenvalue weighted by Crippen LogP contribution is -2.56. The number of alkyl carbamates (subject to hydrolysis) is 1. The maximum atomic E-state index is 14.2. The first-order valence-corrected chi connectivity index (χ1v) is 16.4. The molecule has 15 heteroatoms. The van der Waals surface area contributed by atoms with E-state index in [1.54, 1.807) is 39.0 Å². The molecule has 254 valence electrons. The molecule has 5 rings (SSSR count). The summed E-state index contributed by atoms with van der Waals surface area (Å²) in [6, 6.07) is 2.57. The van der Waals surface area contributed by atoms with E-state index in [0.717, 1.165) is 19.3 Å². The summed E-state index contributed by atoms with van der Waals surface area (Å²) in [5.74, 6) is -1.73. The molecule has 14 nitrogen and oxygen atoms in total. The molecular formula is C32H42ClN7O7. The van der Waals surface area contributed by atoms with Gasteiger partial charge in [-0.15, -0.1) is 10.2 Å². The SMILES string of the molecule is CCOc1ccc(-c2nnn([C@@H]3C[C@H]4C(=O)N[C@]5(C(=O)O)C[C@@H]5/C=C\CCCCC[C@H](NC(=O)OC(C)(C)C)C(=O)N4C3)n2)cc1Cl. The van der Waals surface area contributed by atoms with Crippen LogP contribution >= 0.6 is 11.6 Å². The molecule has 0 spiro atoms. The van der Waals surface area contributed by atoms with Crippen LogP contribution in [0.5, 0.6) is 5.75 Å². The number of ether oxygens (including phenoxy) is 2. The largest absolute Gasteiger partial charge is 0.492 e. The highest BCUT2D eigenvalue weighted by molar-refractivity contribution is 6.32. The van der Waals surface area contributed by atoms with Gasteiger partial charge in [-0.25, -0.2) is 9.59 Å². The van der Waals surface area contributed by atoms with Gasteiger partial charge in [-0.05, 0) is 76.8 Å². The lowest BCUT2D eigenvalue weighted by molar-refractivity contribution is -0.145. The molecular weight excluding hydrogens is 630 g/mol. The minimum atomic E-state index is -1.44. The number of carboxylic acid groups (broad SMARTS) is 1. The predicted molar refractivity (Wildman–Crippen MR) is 171 cm³/mol. The van der Waals surface area contributed by atoms with Gasteiger partial charge in [0.15, 0.2) is 0 Å². The van der Waals surface area contributed by atoms with Crippen LogP contribution in [0.15, 0.2) is 30.4 Å². The summed E-state index contributed by atoms with van der Waals surface area (Å²) in [5.41, 5.74) is -1.62. The van der Waals surface area contributed by atoms with Crippen LogP contribution in [0.3, 0.4) is 0 Å². The van der Waals surface area contributed by atoms with E-state index < -0.39 is 53.1 Å². The lowest BCUT2D eigenvalue weighted by Gasteiger charge is -2.30. The maximum Gasteiger partial charge on any atom is 0.408 e. The summed E-state index contributed by atoms with van der Waals surface area (Å²) < 4.78 is 11.0. The van der Waals surface area contributed by atoms with Gasteiger partial charge >= 0.3 is 12.1 Å². The van der Waals surface area contributed by atoms with Crippen LogP contribution < -0.4 is 15.4 Å². The Hall–Kier alpha value is -4.20. The second kappa shape index (κ2) is 13.9. The zero-order chi connectivity index (χ0) is 33.9.